The third kappa shape index (κ3) is 2.06. The molecule has 0 bridgehead atoms. The summed E-state index contributed by atoms with van der Waals surface area (Å²) in [5.74, 6) is -0.433. The number of methoxy groups -OCH3 is 1. The molecule has 0 radical (unpaired) electrons. The third-order valence-corrected chi connectivity index (χ3v) is 3.23. The maximum absolute atomic E-state index is 10.9. The smallest absolute Gasteiger partial charge is 0.306 e. The van der Waals surface area contributed by atoms with E-state index < -0.39 is 11.9 Å². The monoisotopic (exact) mass is 247 g/mol. The quantitative estimate of drug-likeness (QED) is 0.873. The molecule has 4 nitrogen and oxygen atoms in total. The lowest BCUT2D eigenvalue weighted by atomic mass is 9.98. The average molecular weight is 247 g/mol. The molecule has 0 spiro atoms. The number of aliphatic carboxylic acids is 1. The number of hydrogen-bond acceptors (Lipinski definition) is 2. The molecule has 2 N–H and O–H groups in total. The van der Waals surface area contributed by atoms with Gasteiger partial charge in [0, 0.05) is 17.1 Å². The van der Waals surface area contributed by atoms with E-state index in [0.29, 0.717) is 6.42 Å². The van der Waals surface area contributed by atoms with Gasteiger partial charge in [-0.1, -0.05) is 13.0 Å². The molecule has 1 heterocycles. The molecular formula is C14H17NO3. The van der Waals surface area contributed by atoms with Crippen LogP contribution in [-0.2, 0) is 11.2 Å². The molecule has 2 rings (SSSR count). The van der Waals surface area contributed by atoms with Crippen LogP contribution in [0.1, 0.15) is 18.1 Å². The molecule has 0 aliphatic rings. The Morgan fingerprint density at radius 1 is 1.50 bits per heavy atom. The van der Waals surface area contributed by atoms with Gasteiger partial charge in [-0.2, -0.15) is 0 Å². The molecule has 1 aromatic carbocycles. The third-order valence-electron chi connectivity index (χ3n) is 3.23. The molecule has 1 aromatic heterocycles. The first-order valence-corrected chi connectivity index (χ1v) is 5.91. The van der Waals surface area contributed by atoms with Crippen molar-refractivity contribution in [2.45, 2.75) is 20.3 Å². The first kappa shape index (κ1) is 12.5. The summed E-state index contributed by atoms with van der Waals surface area (Å²) in [4.78, 5) is 14.1. The van der Waals surface area contributed by atoms with Gasteiger partial charge in [0.05, 0.1) is 13.0 Å². The predicted octanol–water partition coefficient (Wildman–Crippen LogP) is 2.75. The zero-order valence-corrected chi connectivity index (χ0v) is 10.8. The minimum atomic E-state index is -0.789. The molecule has 1 atom stereocenters. The second kappa shape index (κ2) is 4.72. The van der Waals surface area contributed by atoms with Gasteiger partial charge >= 0.3 is 5.97 Å². The number of carboxylic acids is 1. The highest BCUT2D eigenvalue weighted by molar-refractivity contribution is 5.90. The number of aromatic nitrogens is 1. The fourth-order valence-corrected chi connectivity index (χ4v) is 2.21. The van der Waals surface area contributed by atoms with Gasteiger partial charge in [-0.15, -0.1) is 0 Å². The Hall–Kier alpha value is -1.97. The van der Waals surface area contributed by atoms with Gasteiger partial charge in [0.1, 0.15) is 5.75 Å². The molecule has 0 aliphatic carbocycles. The van der Waals surface area contributed by atoms with Crippen LogP contribution in [0, 0.1) is 12.8 Å². The van der Waals surface area contributed by atoms with E-state index in [1.54, 1.807) is 14.0 Å². The summed E-state index contributed by atoms with van der Waals surface area (Å²) in [6, 6.07) is 3.89. The zero-order valence-electron chi connectivity index (χ0n) is 10.8. The van der Waals surface area contributed by atoms with Crippen molar-refractivity contribution in [1.29, 1.82) is 0 Å². The van der Waals surface area contributed by atoms with Crippen molar-refractivity contribution in [3.63, 3.8) is 0 Å². The van der Waals surface area contributed by atoms with E-state index in [9.17, 15) is 4.79 Å². The van der Waals surface area contributed by atoms with Crippen LogP contribution >= 0.6 is 0 Å². The summed E-state index contributed by atoms with van der Waals surface area (Å²) in [7, 11) is 1.62. The van der Waals surface area contributed by atoms with E-state index in [0.717, 1.165) is 27.8 Å². The van der Waals surface area contributed by atoms with Gasteiger partial charge in [0.15, 0.2) is 0 Å². The van der Waals surface area contributed by atoms with Crippen LogP contribution in [0.4, 0.5) is 0 Å². The number of aryl methyl sites for hydroxylation is 1. The number of rotatable bonds is 4. The first-order chi connectivity index (χ1) is 8.54. The number of nitrogens with one attached hydrogen (secondary N) is 1. The normalized spacial score (nSPS) is 12.6. The van der Waals surface area contributed by atoms with E-state index in [4.69, 9.17) is 9.84 Å². The van der Waals surface area contributed by atoms with Crippen LogP contribution in [0.25, 0.3) is 10.9 Å². The van der Waals surface area contributed by atoms with Crippen molar-refractivity contribution < 1.29 is 14.6 Å². The molecule has 0 saturated carbocycles. The molecule has 1 unspecified atom stereocenters. The van der Waals surface area contributed by atoms with Crippen LogP contribution in [-0.4, -0.2) is 23.2 Å². The fraction of sp³-hybridized carbons (Fsp3) is 0.357. The highest BCUT2D eigenvalue weighted by Gasteiger charge is 2.17. The van der Waals surface area contributed by atoms with E-state index in [1.807, 2.05) is 25.3 Å². The largest absolute Gasteiger partial charge is 0.496 e. The van der Waals surface area contributed by atoms with Crippen molar-refractivity contribution in [1.82, 2.24) is 4.98 Å². The molecule has 0 saturated heterocycles. The maximum Gasteiger partial charge on any atom is 0.306 e. The van der Waals surface area contributed by atoms with Crippen molar-refractivity contribution in [3.8, 4) is 5.75 Å². The molecule has 18 heavy (non-hydrogen) atoms. The number of benzene rings is 1. The number of carboxylic acid groups (broad SMARTS) is 1. The summed E-state index contributed by atoms with van der Waals surface area (Å²) in [5.41, 5.74) is 3.05. The zero-order chi connectivity index (χ0) is 13.3. The van der Waals surface area contributed by atoms with Gasteiger partial charge < -0.3 is 14.8 Å². The molecule has 4 heteroatoms. The number of H-pyrrole nitrogens is 1. The molecule has 0 amide bonds. The molecule has 96 valence electrons. The minimum Gasteiger partial charge on any atom is -0.496 e. The second-order valence-electron chi connectivity index (χ2n) is 4.60. The highest BCUT2D eigenvalue weighted by Crippen LogP contribution is 2.33. The number of fused-ring (bicyclic) bond motifs is 1. The van der Waals surface area contributed by atoms with Gasteiger partial charge in [-0.3, -0.25) is 4.79 Å². The molecule has 0 fully saturated rings. The Morgan fingerprint density at radius 3 is 2.83 bits per heavy atom. The summed E-state index contributed by atoms with van der Waals surface area (Å²) in [6.07, 6.45) is 2.40. The summed E-state index contributed by atoms with van der Waals surface area (Å²) < 4.78 is 5.47. The van der Waals surface area contributed by atoms with E-state index in [2.05, 4.69) is 4.98 Å². The summed E-state index contributed by atoms with van der Waals surface area (Å²) in [5, 5.41) is 10.0. The lowest BCUT2D eigenvalue weighted by Crippen LogP contribution is -2.12. The topological polar surface area (TPSA) is 62.3 Å². The first-order valence-electron chi connectivity index (χ1n) is 5.91. The Labute approximate surface area is 106 Å². The minimum absolute atomic E-state index is 0.421. The van der Waals surface area contributed by atoms with Gasteiger partial charge in [0.2, 0.25) is 0 Å². The molecule has 0 aliphatic heterocycles. The Bertz CT molecular complexity index is 586. The fourth-order valence-electron chi connectivity index (χ4n) is 2.21. The van der Waals surface area contributed by atoms with Crippen molar-refractivity contribution in [3.05, 3.63) is 29.5 Å². The van der Waals surface area contributed by atoms with Crippen molar-refractivity contribution >= 4 is 16.9 Å². The van der Waals surface area contributed by atoms with E-state index in [1.165, 1.54) is 0 Å². The highest BCUT2D eigenvalue weighted by atomic mass is 16.5. The van der Waals surface area contributed by atoms with Crippen LogP contribution in [0.15, 0.2) is 18.3 Å². The van der Waals surface area contributed by atoms with Crippen molar-refractivity contribution in [2.24, 2.45) is 5.92 Å². The van der Waals surface area contributed by atoms with E-state index >= 15 is 0 Å². The number of carbonyl (C=O) groups is 1. The van der Waals surface area contributed by atoms with Crippen LogP contribution in [0.5, 0.6) is 5.75 Å². The van der Waals surface area contributed by atoms with Crippen LogP contribution in [0.2, 0.25) is 0 Å². The maximum atomic E-state index is 10.9. The standard InChI is InChI=1S/C14H17NO3/c1-8(14(16)17)6-10-4-5-11-12(13(10)18-3)9(2)7-15-11/h4-5,7-8,15H,6H2,1-3H3,(H,16,17). The summed E-state index contributed by atoms with van der Waals surface area (Å²) in [6.45, 7) is 3.71. The molecule has 2 aromatic rings. The SMILES string of the molecule is COc1c(CC(C)C(=O)O)ccc2[nH]cc(C)c12. The number of hydrogen-bond donors (Lipinski definition) is 2. The lowest BCUT2D eigenvalue weighted by Gasteiger charge is -2.12. The number of ether oxygens (including phenoxy) is 1. The van der Waals surface area contributed by atoms with Gasteiger partial charge in [-0.05, 0) is 30.5 Å². The van der Waals surface area contributed by atoms with Crippen molar-refractivity contribution in [2.75, 3.05) is 7.11 Å². The predicted molar refractivity (Wildman–Crippen MR) is 70.1 cm³/mol. The van der Waals surface area contributed by atoms with Gasteiger partial charge in [0.25, 0.3) is 0 Å². The number of aromatic amines is 1. The summed E-state index contributed by atoms with van der Waals surface area (Å²) >= 11 is 0. The van der Waals surface area contributed by atoms with Crippen LogP contribution in [0.3, 0.4) is 0 Å². The average Bonchev–Trinajstić information content (AvgIpc) is 2.71. The molecular weight excluding hydrogens is 230 g/mol. The Morgan fingerprint density at radius 2 is 2.22 bits per heavy atom. The van der Waals surface area contributed by atoms with E-state index in [-0.39, 0.29) is 0 Å². The van der Waals surface area contributed by atoms with Gasteiger partial charge in [-0.25, -0.2) is 0 Å². The van der Waals surface area contributed by atoms with Crippen LogP contribution < -0.4 is 4.74 Å². The Balaban J connectivity index is 2.50. The lowest BCUT2D eigenvalue weighted by molar-refractivity contribution is -0.141. The second-order valence-corrected chi connectivity index (χ2v) is 4.60. The Kier molecular flexibility index (Phi) is 3.28.